The average Bonchev–Trinajstić information content (AvgIpc) is 2.67. The molecule has 6 nitrogen and oxygen atoms in total. The summed E-state index contributed by atoms with van der Waals surface area (Å²) in [5.41, 5.74) is 1.47. The molecular formula is C19H23N3O3S. The van der Waals surface area contributed by atoms with Crippen LogP contribution in [-0.4, -0.2) is 47.1 Å². The molecule has 0 aliphatic carbocycles. The third-order valence-electron chi connectivity index (χ3n) is 4.16. The molecule has 1 aliphatic rings. The van der Waals surface area contributed by atoms with Gasteiger partial charge >= 0.3 is 0 Å². The van der Waals surface area contributed by atoms with Gasteiger partial charge in [-0.1, -0.05) is 55.4 Å². The Hall–Kier alpha value is -2.12. The van der Waals surface area contributed by atoms with Crippen LogP contribution < -0.4 is 5.56 Å². The maximum Gasteiger partial charge on any atom is 0.251 e. The van der Waals surface area contributed by atoms with Gasteiger partial charge in [0.25, 0.3) is 5.56 Å². The summed E-state index contributed by atoms with van der Waals surface area (Å²) in [6.45, 7) is 4.33. The molecule has 1 saturated heterocycles. The number of aryl methyl sites for hydroxylation is 1. The molecule has 3 rings (SSSR count). The van der Waals surface area contributed by atoms with Crippen LogP contribution in [0.25, 0.3) is 0 Å². The van der Waals surface area contributed by atoms with E-state index in [9.17, 15) is 9.59 Å². The zero-order chi connectivity index (χ0) is 18.4. The number of amides is 1. The van der Waals surface area contributed by atoms with Gasteiger partial charge in [0.1, 0.15) is 5.25 Å². The van der Waals surface area contributed by atoms with Gasteiger partial charge in [0.15, 0.2) is 5.16 Å². The highest BCUT2D eigenvalue weighted by molar-refractivity contribution is 8.00. The second-order valence-corrected chi connectivity index (χ2v) is 7.23. The van der Waals surface area contributed by atoms with Gasteiger partial charge < -0.3 is 14.6 Å². The zero-order valence-corrected chi connectivity index (χ0v) is 15.6. The van der Waals surface area contributed by atoms with Crippen molar-refractivity contribution in [2.24, 2.45) is 0 Å². The standard InChI is InChI=1S/C19H23N3O3S/c1-2-6-15-13-16(23)21-19(20-15)26-17(14-7-4-3-5-8-14)18(24)22-9-11-25-12-10-22/h3-5,7-8,13,17H,2,6,9-12H2,1H3,(H,20,21,23)/t17-/m1/s1. The summed E-state index contributed by atoms with van der Waals surface area (Å²) in [4.78, 5) is 34.2. The Balaban J connectivity index is 1.89. The number of hydrogen-bond acceptors (Lipinski definition) is 5. The molecule has 0 unspecified atom stereocenters. The summed E-state index contributed by atoms with van der Waals surface area (Å²) in [6.07, 6.45) is 1.65. The SMILES string of the molecule is CCCc1cc(=O)[nH]c(S[C@@H](C(=O)N2CCOCC2)c2ccccc2)n1. The van der Waals surface area contributed by atoms with Gasteiger partial charge in [0, 0.05) is 24.8 Å². The van der Waals surface area contributed by atoms with Gasteiger partial charge in [-0.15, -0.1) is 0 Å². The van der Waals surface area contributed by atoms with Gasteiger partial charge in [-0.2, -0.15) is 0 Å². The van der Waals surface area contributed by atoms with E-state index in [0.717, 1.165) is 24.1 Å². The molecule has 0 spiro atoms. The van der Waals surface area contributed by atoms with Crippen LogP contribution in [0.2, 0.25) is 0 Å². The van der Waals surface area contributed by atoms with Crippen molar-refractivity contribution in [3.8, 4) is 0 Å². The Kier molecular flexibility index (Phi) is 6.46. The number of benzene rings is 1. The van der Waals surface area contributed by atoms with E-state index in [0.29, 0.717) is 31.5 Å². The van der Waals surface area contributed by atoms with Crippen LogP contribution in [0.1, 0.15) is 29.9 Å². The Labute approximate surface area is 157 Å². The number of hydrogen-bond donors (Lipinski definition) is 1. The highest BCUT2D eigenvalue weighted by Gasteiger charge is 2.29. The third-order valence-corrected chi connectivity index (χ3v) is 5.28. The monoisotopic (exact) mass is 373 g/mol. The van der Waals surface area contributed by atoms with Crippen LogP contribution >= 0.6 is 11.8 Å². The van der Waals surface area contributed by atoms with Crippen molar-refractivity contribution < 1.29 is 9.53 Å². The number of aromatic nitrogens is 2. The number of nitrogens with one attached hydrogen (secondary N) is 1. The maximum atomic E-state index is 13.1. The maximum absolute atomic E-state index is 13.1. The number of ether oxygens (including phenoxy) is 1. The first-order chi connectivity index (χ1) is 12.7. The number of carbonyl (C=O) groups excluding carboxylic acids is 1. The van der Waals surface area contributed by atoms with Crippen molar-refractivity contribution in [1.82, 2.24) is 14.9 Å². The Bertz CT molecular complexity index is 788. The molecule has 0 bridgehead atoms. The fourth-order valence-electron chi connectivity index (χ4n) is 2.87. The van der Waals surface area contributed by atoms with Crippen LogP contribution in [0.3, 0.4) is 0 Å². The molecule has 2 aromatic rings. The quantitative estimate of drug-likeness (QED) is 0.622. The van der Waals surface area contributed by atoms with Crippen LogP contribution in [0, 0.1) is 0 Å². The van der Waals surface area contributed by atoms with Gasteiger partial charge in [-0.25, -0.2) is 4.98 Å². The van der Waals surface area contributed by atoms with Gasteiger partial charge in [-0.3, -0.25) is 9.59 Å². The van der Waals surface area contributed by atoms with Crippen LogP contribution in [0.15, 0.2) is 46.3 Å². The number of aromatic amines is 1. The van der Waals surface area contributed by atoms with E-state index in [4.69, 9.17) is 4.74 Å². The third kappa shape index (κ3) is 4.74. The summed E-state index contributed by atoms with van der Waals surface area (Å²) in [6, 6.07) is 11.1. The van der Waals surface area contributed by atoms with Crippen molar-refractivity contribution in [2.45, 2.75) is 30.2 Å². The fourth-order valence-corrected chi connectivity index (χ4v) is 3.97. The van der Waals surface area contributed by atoms with Gasteiger partial charge in [-0.05, 0) is 12.0 Å². The number of thioether (sulfide) groups is 1. The molecule has 138 valence electrons. The first-order valence-corrected chi connectivity index (χ1v) is 9.73. The molecule has 0 saturated carbocycles. The lowest BCUT2D eigenvalue weighted by molar-refractivity contribution is -0.134. The van der Waals surface area contributed by atoms with Crippen molar-refractivity contribution in [1.29, 1.82) is 0 Å². The summed E-state index contributed by atoms with van der Waals surface area (Å²) >= 11 is 1.30. The number of H-pyrrole nitrogens is 1. The highest BCUT2D eigenvalue weighted by Crippen LogP contribution is 2.35. The van der Waals surface area contributed by atoms with E-state index in [1.165, 1.54) is 17.8 Å². The first-order valence-electron chi connectivity index (χ1n) is 8.85. The minimum atomic E-state index is -0.450. The first kappa shape index (κ1) is 18.7. The largest absolute Gasteiger partial charge is 0.378 e. The van der Waals surface area contributed by atoms with E-state index in [1.807, 2.05) is 42.2 Å². The van der Waals surface area contributed by atoms with Crippen molar-refractivity contribution in [3.05, 3.63) is 58.0 Å². The normalized spacial score (nSPS) is 15.7. The molecule has 1 aromatic carbocycles. The summed E-state index contributed by atoms with van der Waals surface area (Å²) in [5.74, 6) is 0.0213. The van der Waals surface area contributed by atoms with Gasteiger partial charge in [0.2, 0.25) is 5.91 Å². The predicted molar refractivity (Wildman–Crippen MR) is 101 cm³/mol. The van der Waals surface area contributed by atoms with E-state index in [-0.39, 0.29) is 11.5 Å². The molecule has 1 N–H and O–H groups in total. The topological polar surface area (TPSA) is 75.3 Å². The number of rotatable bonds is 6. The highest BCUT2D eigenvalue weighted by atomic mass is 32.2. The second kappa shape index (κ2) is 9.00. The van der Waals surface area contributed by atoms with Crippen LogP contribution in [0.5, 0.6) is 0 Å². The average molecular weight is 373 g/mol. The molecule has 1 aromatic heterocycles. The van der Waals surface area contributed by atoms with Crippen LogP contribution in [-0.2, 0) is 16.0 Å². The van der Waals surface area contributed by atoms with E-state index in [1.54, 1.807) is 0 Å². The van der Waals surface area contributed by atoms with E-state index in [2.05, 4.69) is 9.97 Å². The summed E-state index contributed by atoms with van der Waals surface area (Å²) in [7, 11) is 0. The van der Waals surface area contributed by atoms with E-state index >= 15 is 0 Å². The minimum Gasteiger partial charge on any atom is -0.378 e. The molecule has 2 heterocycles. The van der Waals surface area contributed by atoms with E-state index < -0.39 is 5.25 Å². The molecule has 1 amide bonds. The van der Waals surface area contributed by atoms with Crippen LogP contribution in [0.4, 0.5) is 0 Å². The smallest absolute Gasteiger partial charge is 0.251 e. The Morgan fingerprint density at radius 1 is 1.31 bits per heavy atom. The fraction of sp³-hybridized carbons (Fsp3) is 0.421. The number of nitrogens with zero attached hydrogens (tertiary/aromatic N) is 2. The molecule has 7 heteroatoms. The molecule has 26 heavy (non-hydrogen) atoms. The Morgan fingerprint density at radius 3 is 2.73 bits per heavy atom. The molecule has 1 fully saturated rings. The number of morpholine rings is 1. The van der Waals surface area contributed by atoms with Gasteiger partial charge in [0.05, 0.1) is 13.2 Å². The summed E-state index contributed by atoms with van der Waals surface area (Å²) in [5, 5.41) is 0.0331. The minimum absolute atomic E-state index is 0.0213. The van der Waals surface area contributed by atoms with Crippen molar-refractivity contribution in [2.75, 3.05) is 26.3 Å². The summed E-state index contributed by atoms with van der Waals surface area (Å²) < 4.78 is 5.35. The lowest BCUT2D eigenvalue weighted by Gasteiger charge is -2.30. The Morgan fingerprint density at radius 2 is 2.04 bits per heavy atom. The predicted octanol–water partition coefficient (Wildman–Crippen LogP) is 2.41. The second-order valence-electron chi connectivity index (χ2n) is 6.14. The van der Waals surface area contributed by atoms with Crippen molar-refractivity contribution in [3.63, 3.8) is 0 Å². The lowest BCUT2D eigenvalue weighted by atomic mass is 10.1. The molecule has 1 aliphatic heterocycles. The molecule has 1 atom stereocenters. The molecular weight excluding hydrogens is 350 g/mol. The van der Waals surface area contributed by atoms with Crippen molar-refractivity contribution >= 4 is 17.7 Å². The lowest BCUT2D eigenvalue weighted by Crippen LogP contribution is -2.42. The zero-order valence-electron chi connectivity index (χ0n) is 14.8. The molecule has 0 radical (unpaired) electrons. The number of carbonyl (C=O) groups is 1.